The highest BCUT2D eigenvalue weighted by molar-refractivity contribution is 7.47. The summed E-state index contributed by atoms with van der Waals surface area (Å²) in [6.07, 6.45) is 66.5. The summed E-state index contributed by atoms with van der Waals surface area (Å²) in [5.41, 5.74) is 0. The van der Waals surface area contributed by atoms with E-state index in [-0.39, 0.29) is 25.1 Å². The molecule has 0 heterocycles. The van der Waals surface area contributed by atoms with Crippen molar-refractivity contribution in [2.24, 2.45) is 0 Å². The molecule has 0 aromatic carbocycles. The largest absolute Gasteiger partial charge is 0.472 e. The SMILES string of the molecule is CCCCCCCCCCC/C=C\C(OC(=O)CCCCCCCCCCCCCCCC)C(COP(=O)(O)OCC[N+](C)(C)C)NC(=O)CCCCCCCCCCCCCCCCCCCCCCCCCCC. The Hall–Kier alpha value is -1.25. The highest BCUT2D eigenvalue weighted by atomic mass is 31.2. The molecule has 0 saturated carbocycles. The number of hydrogen-bond donors (Lipinski definition) is 2. The topological polar surface area (TPSA) is 111 Å². The Kier molecular flexibility index (Phi) is 56.1. The van der Waals surface area contributed by atoms with Gasteiger partial charge in [-0.3, -0.25) is 18.6 Å². The highest BCUT2D eigenvalue weighted by Crippen LogP contribution is 2.43. The van der Waals surface area contributed by atoms with Crippen LogP contribution in [-0.4, -0.2) is 74.3 Å². The lowest BCUT2D eigenvalue weighted by Crippen LogP contribution is -2.47. The molecule has 0 saturated heterocycles. The van der Waals surface area contributed by atoms with Gasteiger partial charge in [0.05, 0.1) is 33.8 Å². The van der Waals surface area contributed by atoms with Crippen LogP contribution in [0.25, 0.3) is 0 Å². The van der Waals surface area contributed by atoms with Crippen LogP contribution in [-0.2, 0) is 27.9 Å². The lowest BCUT2D eigenvalue weighted by atomic mass is 10.0. The fourth-order valence-corrected chi connectivity index (χ4v) is 11.0. The molecule has 0 radical (unpaired) electrons. The zero-order valence-electron chi connectivity index (χ0n) is 51.8. The van der Waals surface area contributed by atoms with E-state index >= 15 is 0 Å². The van der Waals surface area contributed by atoms with E-state index in [0.29, 0.717) is 23.9 Å². The van der Waals surface area contributed by atoms with Gasteiger partial charge in [0, 0.05) is 12.8 Å². The number of esters is 1. The second-order valence-electron chi connectivity index (χ2n) is 24.4. The molecule has 0 aliphatic heterocycles. The van der Waals surface area contributed by atoms with Gasteiger partial charge in [0.25, 0.3) is 0 Å². The summed E-state index contributed by atoms with van der Waals surface area (Å²) < 4.78 is 30.7. The molecule has 3 atom stereocenters. The predicted octanol–water partition coefficient (Wildman–Crippen LogP) is 20.7. The normalized spacial score (nSPS) is 13.6. The standard InChI is InChI=1S/C66H131N2O7P/c1-7-10-13-16-19-22-25-27-29-30-31-32-33-34-35-36-37-38-39-40-43-46-49-52-55-58-65(69)67-63(62-74-76(71,72)73-61-60-68(4,5)6)64(57-54-51-48-45-42-24-21-18-15-12-9-3)75-66(70)59-56-53-50-47-44-41-28-26-23-20-17-14-11-8-2/h54,57,63-64H,7-53,55-56,58-62H2,1-6H3,(H-,67,69,71,72)/p+1/b57-54-. The van der Waals surface area contributed by atoms with Gasteiger partial charge in [0.1, 0.15) is 19.3 Å². The van der Waals surface area contributed by atoms with E-state index in [0.717, 1.165) is 57.8 Å². The summed E-state index contributed by atoms with van der Waals surface area (Å²) in [7, 11) is 1.52. The molecule has 0 aliphatic carbocycles. The third-order valence-corrected chi connectivity index (χ3v) is 16.5. The maximum Gasteiger partial charge on any atom is 0.472 e. The number of phosphoric ester groups is 1. The lowest BCUT2D eigenvalue weighted by molar-refractivity contribution is -0.870. The van der Waals surface area contributed by atoms with Gasteiger partial charge < -0.3 is 19.4 Å². The van der Waals surface area contributed by atoms with Crippen molar-refractivity contribution in [2.45, 2.75) is 360 Å². The Bertz CT molecular complexity index is 1310. The number of amides is 1. The van der Waals surface area contributed by atoms with Gasteiger partial charge in [0.2, 0.25) is 5.91 Å². The highest BCUT2D eigenvalue weighted by Gasteiger charge is 2.30. The molecule has 0 rings (SSSR count). The number of ether oxygens (including phenoxy) is 1. The number of unbranched alkanes of at least 4 members (excludes halogenated alkanes) is 46. The van der Waals surface area contributed by atoms with Gasteiger partial charge in [-0.2, -0.15) is 0 Å². The molecule has 10 heteroatoms. The molecule has 9 nitrogen and oxygen atoms in total. The van der Waals surface area contributed by atoms with Crippen LogP contribution in [0.3, 0.4) is 0 Å². The predicted molar refractivity (Wildman–Crippen MR) is 328 cm³/mol. The molecule has 0 fully saturated rings. The Morgan fingerprint density at radius 1 is 0.447 bits per heavy atom. The molecular formula is C66H132N2O7P+. The molecule has 0 aliphatic rings. The van der Waals surface area contributed by atoms with Crippen LogP contribution < -0.4 is 5.32 Å². The lowest BCUT2D eigenvalue weighted by Gasteiger charge is -2.27. The summed E-state index contributed by atoms with van der Waals surface area (Å²) in [6.45, 7) is 7.07. The minimum atomic E-state index is -4.44. The van der Waals surface area contributed by atoms with Gasteiger partial charge in [-0.25, -0.2) is 4.57 Å². The minimum absolute atomic E-state index is 0.0458. The molecule has 76 heavy (non-hydrogen) atoms. The molecule has 1 amide bonds. The Labute approximate surface area is 473 Å². The third kappa shape index (κ3) is 57.4. The van der Waals surface area contributed by atoms with E-state index in [1.165, 1.54) is 257 Å². The van der Waals surface area contributed by atoms with E-state index in [4.69, 9.17) is 13.8 Å². The van der Waals surface area contributed by atoms with Crippen molar-refractivity contribution in [1.82, 2.24) is 5.32 Å². The number of allylic oxidation sites excluding steroid dienone is 1. The number of rotatable bonds is 62. The van der Waals surface area contributed by atoms with Gasteiger partial charge in [-0.1, -0.05) is 316 Å². The Morgan fingerprint density at radius 3 is 1.08 bits per heavy atom. The average Bonchev–Trinajstić information content (AvgIpc) is 3.38. The summed E-state index contributed by atoms with van der Waals surface area (Å²) in [5.74, 6) is -0.482. The Balaban J connectivity index is 4.97. The number of phosphoric acid groups is 1. The maximum atomic E-state index is 13.6. The first-order valence-corrected chi connectivity index (χ1v) is 35.0. The minimum Gasteiger partial charge on any atom is -0.456 e. The van der Waals surface area contributed by atoms with Crippen LogP contribution in [0.4, 0.5) is 0 Å². The first kappa shape index (κ1) is 74.8. The molecule has 452 valence electrons. The number of hydrogen-bond acceptors (Lipinski definition) is 6. The van der Waals surface area contributed by atoms with E-state index in [1.54, 1.807) is 0 Å². The van der Waals surface area contributed by atoms with Crippen molar-refractivity contribution >= 4 is 19.7 Å². The fraction of sp³-hybridized carbons (Fsp3) is 0.939. The van der Waals surface area contributed by atoms with Gasteiger partial charge in [0.15, 0.2) is 0 Å². The quantitative estimate of drug-likeness (QED) is 0.0205. The summed E-state index contributed by atoms with van der Waals surface area (Å²) in [4.78, 5) is 37.7. The van der Waals surface area contributed by atoms with Crippen molar-refractivity contribution in [1.29, 1.82) is 0 Å². The molecule has 0 spiro atoms. The zero-order chi connectivity index (χ0) is 55.7. The van der Waals surface area contributed by atoms with E-state index < -0.39 is 20.0 Å². The summed E-state index contributed by atoms with van der Waals surface area (Å²) in [6, 6.07) is -0.839. The van der Waals surface area contributed by atoms with Crippen LogP contribution in [0.2, 0.25) is 0 Å². The number of carbonyl (C=O) groups is 2. The maximum absolute atomic E-state index is 13.6. The van der Waals surface area contributed by atoms with Crippen LogP contribution in [0.1, 0.15) is 348 Å². The molecule has 0 aromatic rings. The van der Waals surface area contributed by atoms with Crippen molar-refractivity contribution in [3.05, 3.63) is 12.2 Å². The van der Waals surface area contributed by atoms with Crippen LogP contribution in [0, 0.1) is 0 Å². The van der Waals surface area contributed by atoms with Crippen molar-refractivity contribution < 1.29 is 37.3 Å². The number of nitrogens with one attached hydrogen (secondary N) is 1. The van der Waals surface area contributed by atoms with Crippen LogP contribution in [0.15, 0.2) is 12.2 Å². The smallest absolute Gasteiger partial charge is 0.456 e. The molecule has 2 N–H and O–H groups in total. The molecule has 3 unspecified atom stereocenters. The monoisotopic (exact) mass is 1100 g/mol. The van der Waals surface area contributed by atoms with E-state index in [9.17, 15) is 19.0 Å². The second kappa shape index (κ2) is 57.0. The molecular weight excluding hydrogens is 964 g/mol. The zero-order valence-corrected chi connectivity index (χ0v) is 52.7. The first-order chi connectivity index (χ1) is 36.9. The number of quaternary nitrogens is 1. The number of nitrogens with zero attached hydrogens (tertiary/aromatic N) is 1. The summed E-state index contributed by atoms with van der Waals surface area (Å²) >= 11 is 0. The van der Waals surface area contributed by atoms with Crippen molar-refractivity contribution in [3.63, 3.8) is 0 Å². The van der Waals surface area contributed by atoms with Gasteiger partial charge >= 0.3 is 13.8 Å². The van der Waals surface area contributed by atoms with E-state index in [1.807, 2.05) is 33.3 Å². The number of likely N-dealkylation sites (N-methyl/N-ethyl adjacent to an activating group) is 1. The van der Waals surface area contributed by atoms with Gasteiger partial charge in [-0.05, 0) is 31.8 Å². The average molecular weight is 1100 g/mol. The molecule has 0 aromatic heterocycles. The number of carbonyl (C=O) groups excluding carboxylic acids is 2. The van der Waals surface area contributed by atoms with Crippen molar-refractivity contribution in [3.8, 4) is 0 Å². The van der Waals surface area contributed by atoms with Crippen LogP contribution in [0.5, 0.6) is 0 Å². The van der Waals surface area contributed by atoms with Crippen LogP contribution >= 0.6 is 7.82 Å². The molecule has 0 bridgehead atoms. The third-order valence-electron chi connectivity index (χ3n) is 15.5. The van der Waals surface area contributed by atoms with Crippen molar-refractivity contribution in [2.75, 3.05) is 40.9 Å². The van der Waals surface area contributed by atoms with E-state index in [2.05, 4.69) is 26.1 Å². The fourth-order valence-electron chi connectivity index (χ4n) is 10.3. The Morgan fingerprint density at radius 2 is 0.750 bits per heavy atom. The van der Waals surface area contributed by atoms with Gasteiger partial charge in [-0.15, -0.1) is 0 Å². The second-order valence-corrected chi connectivity index (χ2v) is 25.8. The first-order valence-electron chi connectivity index (χ1n) is 33.5. The summed E-state index contributed by atoms with van der Waals surface area (Å²) in [5, 5.41) is 3.07.